The van der Waals surface area contributed by atoms with E-state index in [1.165, 1.54) is 4.88 Å². The van der Waals surface area contributed by atoms with E-state index < -0.39 is 0 Å². The highest BCUT2D eigenvalue weighted by Gasteiger charge is 2.06. The van der Waals surface area contributed by atoms with Crippen molar-refractivity contribution in [1.29, 1.82) is 0 Å². The molecule has 3 rings (SSSR count). The number of pyridine rings is 1. The van der Waals surface area contributed by atoms with Gasteiger partial charge in [0, 0.05) is 13.2 Å². The van der Waals surface area contributed by atoms with E-state index in [1.54, 1.807) is 11.3 Å². The average Bonchev–Trinajstić information content (AvgIpc) is 2.96. The minimum Gasteiger partial charge on any atom is -0.387 e. The van der Waals surface area contributed by atoms with Crippen molar-refractivity contribution in [2.75, 3.05) is 12.4 Å². The third kappa shape index (κ3) is 1.39. The summed E-state index contributed by atoms with van der Waals surface area (Å²) in [6, 6.07) is 8.21. The lowest BCUT2D eigenvalue weighted by molar-refractivity contribution is 1.19. The van der Waals surface area contributed by atoms with E-state index in [9.17, 15) is 0 Å². The Kier molecular flexibility index (Phi) is 2.15. The van der Waals surface area contributed by atoms with Crippen molar-refractivity contribution in [3.8, 4) is 10.6 Å². The van der Waals surface area contributed by atoms with E-state index in [0.717, 1.165) is 17.0 Å². The predicted octanol–water partition coefficient (Wildman–Crippen LogP) is 3.10. The molecule has 3 heterocycles. The summed E-state index contributed by atoms with van der Waals surface area (Å²) < 4.78 is 2.11. The van der Waals surface area contributed by atoms with Crippen LogP contribution in [0.1, 0.15) is 0 Å². The monoisotopic (exact) mass is 229 g/mol. The molecule has 80 valence electrons. The van der Waals surface area contributed by atoms with E-state index in [-0.39, 0.29) is 0 Å². The van der Waals surface area contributed by atoms with Crippen LogP contribution >= 0.6 is 11.3 Å². The van der Waals surface area contributed by atoms with Crippen LogP contribution in [0.3, 0.4) is 0 Å². The number of fused-ring (bicyclic) bond motifs is 1. The second-order valence-corrected chi connectivity index (χ2v) is 4.46. The minimum absolute atomic E-state index is 0.974. The molecule has 3 nitrogen and oxygen atoms in total. The fraction of sp³-hybridized carbons (Fsp3) is 0.0833. The number of nitrogens with zero attached hydrogens (tertiary/aromatic N) is 2. The first-order valence-electron chi connectivity index (χ1n) is 5.07. The van der Waals surface area contributed by atoms with Gasteiger partial charge in [-0.25, -0.2) is 4.98 Å². The molecule has 4 heteroatoms. The molecule has 3 aromatic heterocycles. The summed E-state index contributed by atoms with van der Waals surface area (Å²) in [6.07, 6.45) is 3.98. The van der Waals surface area contributed by atoms with E-state index in [4.69, 9.17) is 0 Å². The molecule has 0 bridgehead atoms. The van der Waals surface area contributed by atoms with Crippen molar-refractivity contribution in [1.82, 2.24) is 9.38 Å². The number of nitrogens with one attached hydrogen (secondary N) is 1. The molecule has 1 N–H and O–H groups in total. The SMILES string of the molecule is CNc1ccc2ncc(-c3cccs3)n2c1. The zero-order chi connectivity index (χ0) is 11.0. The number of aromatic nitrogens is 2. The molecular weight excluding hydrogens is 218 g/mol. The van der Waals surface area contributed by atoms with Gasteiger partial charge in [0.2, 0.25) is 0 Å². The van der Waals surface area contributed by atoms with Crippen LogP contribution in [0.4, 0.5) is 5.69 Å². The van der Waals surface area contributed by atoms with Crippen molar-refractivity contribution < 1.29 is 0 Å². The summed E-state index contributed by atoms with van der Waals surface area (Å²) in [7, 11) is 1.92. The first kappa shape index (κ1) is 9.42. The third-order valence-electron chi connectivity index (χ3n) is 2.57. The van der Waals surface area contributed by atoms with Crippen molar-refractivity contribution in [3.05, 3.63) is 42.0 Å². The van der Waals surface area contributed by atoms with E-state index in [0.29, 0.717) is 0 Å². The highest BCUT2D eigenvalue weighted by atomic mass is 32.1. The van der Waals surface area contributed by atoms with Crippen LogP contribution in [0.2, 0.25) is 0 Å². The molecule has 0 aliphatic rings. The zero-order valence-corrected chi connectivity index (χ0v) is 9.66. The maximum atomic E-state index is 4.39. The number of rotatable bonds is 2. The lowest BCUT2D eigenvalue weighted by atomic mass is 10.3. The van der Waals surface area contributed by atoms with Gasteiger partial charge in [-0.15, -0.1) is 11.3 Å². The number of hydrogen-bond acceptors (Lipinski definition) is 3. The Labute approximate surface area is 97.4 Å². The van der Waals surface area contributed by atoms with Crippen molar-refractivity contribution >= 4 is 22.7 Å². The molecule has 0 atom stereocenters. The fourth-order valence-electron chi connectivity index (χ4n) is 1.74. The van der Waals surface area contributed by atoms with Crippen LogP contribution in [0.5, 0.6) is 0 Å². The Morgan fingerprint density at radius 3 is 3.00 bits per heavy atom. The molecule has 16 heavy (non-hydrogen) atoms. The summed E-state index contributed by atoms with van der Waals surface area (Å²) in [5.41, 5.74) is 3.20. The molecule has 0 aromatic carbocycles. The Balaban J connectivity index is 2.25. The average molecular weight is 229 g/mol. The molecule has 0 radical (unpaired) electrons. The molecule has 0 unspecified atom stereocenters. The van der Waals surface area contributed by atoms with Gasteiger partial charge in [-0.3, -0.25) is 4.40 Å². The standard InChI is InChI=1S/C12H11N3S/c1-13-9-4-5-12-14-7-10(15(12)8-9)11-3-2-6-16-11/h2-8,13H,1H3. The highest BCUT2D eigenvalue weighted by Crippen LogP contribution is 2.26. The van der Waals surface area contributed by atoms with Gasteiger partial charge in [-0.1, -0.05) is 6.07 Å². The van der Waals surface area contributed by atoms with Crippen LogP contribution in [-0.4, -0.2) is 16.4 Å². The maximum Gasteiger partial charge on any atom is 0.137 e. The first-order chi connectivity index (χ1) is 7.88. The molecule has 0 fully saturated rings. The highest BCUT2D eigenvalue weighted by molar-refractivity contribution is 7.13. The largest absolute Gasteiger partial charge is 0.387 e. The molecule has 3 aromatic rings. The third-order valence-corrected chi connectivity index (χ3v) is 3.46. The summed E-state index contributed by atoms with van der Waals surface area (Å²) in [6.45, 7) is 0. The van der Waals surface area contributed by atoms with Gasteiger partial charge in [-0.2, -0.15) is 0 Å². The normalized spacial score (nSPS) is 10.8. The first-order valence-corrected chi connectivity index (χ1v) is 5.95. The minimum atomic E-state index is 0.974. The number of anilines is 1. The van der Waals surface area contributed by atoms with Crippen molar-refractivity contribution in [2.45, 2.75) is 0 Å². The van der Waals surface area contributed by atoms with Crippen LogP contribution < -0.4 is 5.32 Å². The maximum absolute atomic E-state index is 4.39. The predicted molar refractivity (Wildman–Crippen MR) is 68.1 cm³/mol. The van der Waals surface area contributed by atoms with Crippen LogP contribution in [0.15, 0.2) is 42.0 Å². The van der Waals surface area contributed by atoms with Gasteiger partial charge < -0.3 is 5.32 Å². The lowest BCUT2D eigenvalue weighted by Crippen LogP contribution is -1.92. The van der Waals surface area contributed by atoms with Gasteiger partial charge in [0.15, 0.2) is 0 Å². The number of imidazole rings is 1. The molecule has 0 saturated carbocycles. The number of thiophene rings is 1. The Bertz CT molecular complexity index is 610. The fourth-order valence-corrected chi connectivity index (χ4v) is 2.47. The van der Waals surface area contributed by atoms with Crippen LogP contribution in [-0.2, 0) is 0 Å². The van der Waals surface area contributed by atoms with Crippen molar-refractivity contribution in [3.63, 3.8) is 0 Å². The van der Waals surface area contributed by atoms with E-state index in [1.807, 2.05) is 25.4 Å². The lowest BCUT2D eigenvalue weighted by Gasteiger charge is -2.03. The van der Waals surface area contributed by atoms with Gasteiger partial charge in [0.25, 0.3) is 0 Å². The Hall–Kier alpha value is -1.81. The van der Waals surface area contributed by atoms with E-state index in [2.05, 4.69) is 38.4 Å². The Morgan fingerprint density at radius 2 is 2.25 bits per heavy atom. The Morgan fingerprint density at radius 1 is 1.31 bits per heavy atom. The summed E-state index contributed by atoms with van der Waals surface area (Å²) in [4.78, 5) is 5.63. The van der Waals surface area contributed by atoms with Gasteiger partial charge >= 0.3 is 0 Å². The molecule has 0 spiro atoms. The molecule has 0 saturated heterocycles. The topological polar surface area (TPSA) is 29.3 Å². The summed E-state index contributed by atoms with van der Waals surface area (Å²) >= 11 is 1.73. The van der Waals surface area contributed by atoms with Crippen LogP contribution in [0, 0.1) is 0 Å². The summed E-state index contributed by atoms with van der Waals surface area (Å²) in [5, 5.41) is 5.22. The summed E-state index contributed by atoms with van der Waals surface area (Å²) in [5.74, 6) is 0. The molecule has 0 aliphatic carbocycles. The molecular formula is C12H11N3S. The smallest absolute Gasteiger partial charge is 0.137 e. The van der Waals surface area contributed by atoms with Gasteiger partial charge in [-0.05, 0) is 23.6 Å². The second-order valence-electron chi connectivity index (χ2n) is 3.52. The second kappa shape index (κ2) is 3.64. The molecule has 0 amide bonds. The van der Waals surface area contributed by atoms with E-state index >= 15 is 0 Å². The number of hydrogen-bond donors (Lipinski definition) is 1. The van der Waals surface area contributed by atoms with Gasteiger partial charge in [0.05, 0.1) is 22.5 Å². The quantitative estimate of drug-likeness (QED) is 0.731. The van der Waals surface area contributed by atoms with Crippen molar-refractivity contribution in [2.24, 2.45) is 0 Å². The molecule has 0 aliphatic heterocycles. The van der Waals surface area contributed by atoms with Crippen LogP contribution in [0.25, 0.3) is 16.2 Å². The van der Waals surface area contributed by atoms with Gasteiger partial charge in [0.1, 0.15) is 5.65 Å². The zero-order valence-electron chi connectivity index (χ0n) is 8.84.